The summed E-state index contributed by atoms with van der Waals surface area (Å²) in [6, 6.07) is 11.3. The zero-order valence-electron chi connectivity index (χ0n) is 20.6. The van der Waals surface area contributed by atoms with Crippen LogP contribution >= 0.6 is 0 Å². The smallest absolute Gasteiger partial charge is 0.328 e. The van der Waals surface area contributed by atoms with E-state index in [1.54, 1.807) is 57.2 Å². The Balaban J connectivity index is 1.61. The van der Waals surface area contributed by atoms with Gasteiger partial charge in [0.2, 0.25) is 0 Å². The molecule has 190 valence electrons. The van der Waals surface area contributed by atoms with Gasteiger partial charge in [0.15, 0.2) is 0 Å². The minimum absolute atomic E-state index is 0.0154. The molecule has 0 aliphatic rings. The maximum Gasteiger partial charge on any atom is 0.328 e. The molecule has 3 aromatic rings. The molecule has 0 bridgehead atoms. The number of carbonyl (C=O) groups excluding carboxylic acids is 3. The third-order valence-electron chi connectivity index (χ3n) is 5.36. The number of fused-ring (bicyclic) bond motifs is 1. The van der Waals surface area contributed by atoms with Crippen molar-refractivity contribution in [2.45, 2.75) is 46.2 Å². The van der Waals surface area contributed by atoms with Crippen LogP contribution in [0.5, 0.6) is 0 Å². The second-order valence-corrected chi connectivity index (χ2v) is 8.06. The number of carbonyl (C=O) groups is 3. The molecule has 0 saturated carbocycles. The maximum atomic E-state index is 12.7. The van der Waals surface area contributed by atoms with Gasteiger partial charge >= 0.3 is 11.9 Å². The number of hydrogen-bond acceptors (Lipinski definition) is 8. The van der Waals surface area contributed by atoms with Crippen LogP contribution < -0.4 is 16.2 Å². The second kappa shape index (κ2) is 12.5. The third kappa shape index (κ3) is 7.14. The molecule has 0 aliphatic carbocycles. The van der Waals surface area contributed by atoms with E-state index in [0.29, 0.717) is 28.8 Å². The van der Waals surface area contributed by atoms with Crippen molar-refractivity contribution in [1.82, 2.24) is 15.3 Å². The molecule has 36 heavy (non-hydrogen) atoms. The summed E-state index contributed by atoms with van der Waals surface area (Å²) >= 11 is 0. The highest BCUT2D eigenvalue weighted by atomic mass is 16.5. The van der Waals surface area contributed by atoms with Crippen molar-refractivity contribution in [1.29, 1.82) is 0 Å². The van der Waals surface area contributed by atoms with Crippen LogP contribution in [0.15, 0.2) is 47.3 Å². The SMILES string of the molecule is CCOC(=O)CCC(NC(=O)c1ccc(CNc2ccc3nc(C)[nH]c(=O)c3c2)cc1)C(=O)OCC. The Hall–Kier alpha value is -4.21. The molecular weight excluding hydrogens is 464 g/mol. The molecule has 1 amide bonds. The summed E-state index contributed by atoms with van der Waals surface area (Å²) in [6.07, 6.45) is 0.0631. The molecule has 1 heterocycles. The molecule has 3 N–H and O–H groups in total. The lowest BCUT2D eigenvalue weighted by Gasteiger charge is -2.17. The summed E-state index contributed by atoms with van der Waals surface area (Å²) in [6.45, 7) is 5.97. The fourth-order valence-corrected chi connectivity index (χ4v) is 3.57. The van der Waals surface area contributed by atoms with Crippen molar-refractivity contribution in [3.63, 3.8) is 0 Å². The number of esters is 2. The fraction of sp³-hybridized carbons (Fsp3) is 0.346. The number of anilines is 1. The number of aromatic amines is 1. The van der Waals surface area contributed by atoms with Crippen LogP contribution in [-0.2, 0) is 25.6 Å². The highest BCUT2D eigenvalue weighted by molar-refractivity contribution is 5.97. The molecule has 2 aromatic carbocycles. The largest absolute Gasteiger partial charge is 0.466 e. The van der Waals surface area contributed by atoms with Crippen molar-refractivity contribution in [2.24, 2.45) is 0 Å². The van der Waals surface area contributed by atoms with E-state index in [9.17, 15) is 19.2 Å². The number of amides is 1. The summed E-state index contributed by atoms with van der Waals surface area (Å²) < 4.78 is 9.92. The quantitative estimate of drug-likeness (QED) is 0.346. The highest BCUT2D eigenvalue weighted by Gasteiger charge is 2.24. The number of nitrogens with one attached hydrogen (secondary N) is 3. The standard InChI is InChI=1S/C26H30N4O6/c1-4-35-23(31)13-12-22(26(34)36-5-2)30-24(32)18-8-6-17(7-9-18)15-27-19-10-11-21-20(14-19)25(33)29-16(3)28-21/h6-11,14,22,27H,4-5,12-13,15H2,1-3H3,(H,30,32)(H,28,29,33). The third-order valence-corrected chi connectivity index (χ3v) is 5.36. The summed E-state index contributed by atoms with van der Waals surface area (Å²) in [5, 5.41) is 6.40. The lowest BCUT2D eigenvalue weighted by molar-refractivity contribution is -0.146. The van der Waals surface area contributed by atoms with Gasteiger partial charge in [0.1, 0.15) is 11.9 Å². The van der Waals surface area contributed by atoms with Crippen LogP contribution in [0.2, 0.25) is 0 Å². The zero-order chi connectivity index (χ0) is 26.1. The van der Waals surface area contributed by atoms with Gasteiger partial charge < -0.3 is 25.1 Å². The van der Waals surface area contributed by atoms with E-state index < -0.39 is 23.9 Å². The van der Waals surface area contributed by atoms with E-state index in [2.05, 4.69) is 20.6 Å². The van der Waals surface area contributed by atoms with Gasteiger partial charge in [-0.25, -0.2) is 9.78 Å². The summed E-state index contributed by atoms with van der Waals surface area (Å²) in [5.74, 6) is -0.936. The maximum absolute atomic E-state index is 12.7. The Morgan fingerprint density at radius 2 is 1.75 bits per heavy atom. The van der Waals surface area contributed by atoms with Crippen molar-refractivity contribution in [2.75, 3.05) is 18.5 Å². The molecule has 0 radical (unpaired) electrons. The van der Waals surface area contributed by atoms with Crippen LogP contribution in [0.4, 0.5) is 5.69 Å². The summed E-state index contributed by atoms with van der Waals surface area (Å²) in [4.78, 5) is 55.8. The number of rotatable bonds is 11. The number of benzene rings is 2. The molecule has 0 saturated heterocycles. The van der Waals surface area contributed by atoms with Crippen LogP contribution in [0.1, 0.15) is 48.4 Å². The molecular formula is C26H30N4O6. The van der Waals surface area contributed by atoms with Crippen LogP contribution in [0, 0.1) is 6.92 Å². The summed E-state index contributed by atoms with van der Waals surface area (Å²) in [7, 11) is 0. The highest BCUT2D eigenvalue weighted by Crippen LogP contribution is 2.16. The molecule has 1 aromatic heterocycles. The normalized spacial score (nSPS) is 11.5. The predicted octanol–water partition coefficient (Wildman–Crippen LogP) is 2.85. The van der Waals surface area contributed by atoms with Crippen molar-refractivity contribution >= 4 is 34.4 Å². The Kier molecular flexibility index (Phi) is 9.15. The Morgan fingerprint density at radius 1 is 1.03 bits per heavy atom. The van der Waals surface area contributed by atoms with Gasteiger partial charge in [0, 0.05) is 24.2 Å². The van der Waals surface area contributed by atoms with Gasteiger partial charge in [0.05, 0.1) is 24.1 Å². The van der Waals surface area contributed by atoms with E-state index in [-0.39, 0.29) is 31.6 Å². The first-order chi connectivity index (χ1) is 17.3. The van der Waals surface area contributed by atoms with Gasteiger partial charge in [-0.1, -0.05) is 12.1 Å². The van der Waals surface area contributed by atoms with Gasteiger partial charge in [-0.3, -0.25) is 14.4 Å². The number of aryl methyl sites for hydroxylation is 1. The van der Waals surface area contributed by atoms with E-state index >= 15 is 0 Å². The number of nitrogens with zero attached hydrogens (tertiary/aromatic N) is 1. The molecule has 1 unspecified atom stereocenters. The van der Waals surface area contributed by atoms with Crippen LogP contribution in [0.3, 0.4) is 0 Å². The first-order valence-corrected chi connectivity index (χ1v) is 11.8. The van der Waals surface area contributed by atoms with Crippen molar-refractivity contribution in [3.05, 3.63) is 69.8 Å². The topological polar surface area (TPSA) is 139 Å². The predicted molar refractivity (Wildman–Crippen MR) is 135 cm³/mol. The van der Waals surface area contributed by atoms with Crippen molar-refractivity contribution < 1.29 is 23.9 Å². The van der Waals surface area contributed by atoms with E-state index in [1.807, 2.05) is 6.07 Å². The minimum Gasteiger partial charge on any atom is -0.466 e. The molecule has 1 atom stereocenters. The lowest BCUT2D eigenvalue weighted by atomic mass is 10.1. The van der Waals surface area contributed by atoms with Gasteiger partial charge in [-0.15, -0.1) is 0 Å². The molecule has 0 aliphatic heterocycles. The van der Waals surface area contributed by atoms with Gasteiger partial charge in [0.25, 0.3) is 11.5 Å². The number of hydrogen-bond donors (Lipinski definition) is 3. The molecule has 0 spiro atoms. The zero-order valence-corrected chi connectivity index (χ0v) is 20.6. The fourth-order valence-electron chi connectivity index (χ4n) is 3.57. The Labute approximate surface area is 208 Å². The van der Waals surface area contributed by atoms with Gasteiger partial charge in [-0.05, 0) is 63.1 Å². The lowest BCUT2D eigenvalue weighted by Crippen LogP contribution is -2.42. The number of H-pyrrole nitrogens is 1. The van der Waals surface area contributed by atoms with E-state index in [1.165, 1.54) is 0 Å². The number of aromatic nitrogens is 2. The van der Waals surface area contributed by atoms with Crippen molar-refractivity contribution in [3.8, 4) is 0 Å². The average molecular weight is 495 g/mol. The second-order valence-electron chi connectivity index (χ2n) is 8.06. The average Bonchev–Trinajstić information content (AvgIpc) is 2.85. The first-order valence-electron chi connectivity index (χ1n) is 11.8. The minimum atomic E-state index is -0.961. The van der Waals surface area contributed by atoms with Crippen LogP contribution in [0.25, 0.3) is 10.9 Å². The monoisotopic (exact) mass is 494 g/mol. The molecule has 10 nitrogen and oxygen atoms in total. The molecule has 10 heteroatoms. The van der Waals surface area contributed by atoms with E-state index in [0.717, 1.165) is 11.3 Å². The molecule has 3 rings (SSSR count). The Morgan fingerprint density at radius 3 is 2.44 bits per heavy atom. The van der Waals surface area contributed by atoms with Gasteiger partial charge in [-0.2, -0.15) is 0 Å². The number of ether oxygens (including phenoxy) is 2. The van der Waals surface area contributed by atoms with Crippen LogP contribution in [-0.4, -0.2) is 47.1 Å². The summed E-state index contributed by atoms with van der Waals surface area (Å²) in [5.41, 5.74) is 2.47. The van der Waals surface area contributed by atoms with E-state index in [4.69, 9.17) is 9.47 Å². The molecule has 0 fully saturated rings. The Bertz CT molecular complexity index is 1290. The first kappa shape index (κ1) is 26.4.